The van der Waals surface area contributed by atoms with Crippen molar-refractivity contribution in [2.75, 3.05) is 34.6 Å². The molecule has 0 aliphatic rings. The molecule has 1 N–H and O–H groups in total. The van der Waals surface area contributed by atoms with Gasteiger partial charge in [0.15, 0.2) is 6.86 Å². The second-order valence-corrected chi connectivity index (χ2v) is 0.589. The van der Waals surface area contributed by atoms with E-state index in [-0.39, 0.29) is 21.5 Å². The van der Waals surface area contributed by atoms with Crippen LogP contribution in [0.25, 0.3) is 0 Å². The summed E-state index contributed by atoms with van der Waals surface area (Å²) in [4.78, 5) is 0. The predicted octanol–water partition coefficient (Wildman–Crippen LogP) is 4.51. The minimum atomic E-state index is -1.75. The molecule has 0 spiro atoms. The Bertz CT molecular complexity index is 33.8. The summed E-state index contributed by atoms with van der Waals surface area (Å²) in [6, 6.07) is 0. The van der Waals surface area contributed by atoms with E-state index in [2.05, 4.69) is 0 Å². The maximum atomic E-state index is 10.3. The van der Waals surface area contributed by atoms with E-state index in [1.165, 1.54) is 6.92 Å². The minimum absolute atomic E-state index is 0. The van der Waals surface area contributed by atoms with Gasteiger partial charge in [-0.2, -0.15) is 0 Å². The van der Waals surface area contributed by atoms with Gasteiger partial charge in [0, 0.05) is 0 Å². The van der Waals surface area contributed by atoms with Crippen LogP contribution in [0.4, 0.5) is 30.7 Å². The van der Waals surface area contributed by atoms with Crippen LogP contribution in [-0.4, -0.2) is 39.7 Å². The Morgan fingerprint density at radius 2 is 0.765 bits per heavy atom. The molecule has 0 fully saturated rings. The normalized spacial score (nSPS) is 4.59. The third kappa shape index (κ3) is 961. The first-order chi connectivity index (χ1) is 6.66. The van der Waals surface area contributed by atoms with Crippen LogP contribution in [-0.2, 0) is 0 Å². The van der Waals surface area contributed by atoms with Gasteiger partial charge in [0.25, 0.3) is 0 Å². The van der Waals surface area contributed by atoms with E-state index >= 15 is 0 Å². The fourth-order valence-corrected chi connectivity index (χ4v) is 0. The Hall–Kier alpha value is -1.53. The van der Waals surface area contributed by atoms with Gasteiger partial charge in [-0.3, -0.25) is 8.78 Å². The molecular weight excluding hydrogens is 512 g/mol. The molecule has 0 rings (SSSR count). The average Bonchev–Trinajstić information content (AvgIpc) is 2.12. The average molecular weight is 535 g/mol. The third-order valence-electron chi connectivity index (χ3n) is 0. The molecule has 0 aromatic carbocycles. The van der Waals surface area contributed by atoms with E-state index in [9.17, 15) is 30.7 Å². The van der Waals surface area contributed by atoms with Gasteiger partial charge in [0.1, 0.15) is 0 Å². The SMILES string of the molecule is C.C.CCF.CF.FCF.FCF.OCF.[Rf]. The Morgan fingerprint density at radius 3 is 0.765 bits per heavy atom. The summed E-state index contributed by atoms with van der Waals surface area (Å²) in [5, 5.41) is 6.90. The number of rotatable bonds is 0. The molecule has 0 aliphatic carbocycles. The van der Waals surface area contributed by atoms with Crippen LogP contribution < -0.4 is 0 Å². The maximum absolute atomic E-state index is 10.3. The van der Waals surface area contributed by atoms with Crippen molar-refractivity contribution in [2.24, 2.45) is 0 Å². The molecule has 0 amide bonds. The summed E-state index contributed by atoms with van der Waals surface area (Å²) >= 11 is 0. The van der Waals surface area contributed by atoms with Gasteiger partial charge >= 0.3 is 0 Å². The van der Waals surface area contributed by atoms with E-state index in [1.807, 2.05) is 0 Å². The predicted molar refractivity (Wildman–Crippen MR) is 54.5 cm³/mol. The van der Waals surface area contributed by atoms with Crippen LogP contribution in [0.5, 0.6) is 0 Å². The second kappa shape index (κ2) is 430. The van der Waals surface area contributed by atoms with E-state index in [4.69, 9.17) is 5.11 Å². The molecule has 112 valence electrons. The van der Waals surface area contributed by atoms with Crippen molar-refractivity contribution in [3.63, 3.8) is 0 Å². The summed E-state index contributed by atoms with van der Waals surface area (Å²) in [6.07, 6.45) is 0. The Balaban J connectivity index is -0.00000000957. The molecule has 0 atom stereocenters. The van der Waals surface area contributed by atoms with Crippen molar-refractivity contribution in [1.29, 1.82) is 0 Å². The molecule has 0 aromatic heterocycles. The molecule has 0 unspecified atom stereocenters. The largest absolute Gasteiger partial charge is 0.366 e. The van der Waals surface area contributed by atoms with Gasteiger partial charge in [0.05, 0.1) is 13.9 Å². The van der Waals surface area contributed by atoms with Crippen LogP contribution in [0.1, 0.15) is 21.8 Å². The van der Waals surface area contributed by atoms with Crippen molar-refractivity contribution in [1.82, 2.24) is 0 Å². The van der Waals surface area contributed by atoms with Gasteiger partial charge in [-0.05, 0) is 6.92 Å². The van der Waals surface area contributed by atoms with Crippen molar-refractivity contribution < 1.29 is 35.8 Å². The second-order valence-electron chi connectivity index (χ2n) is 0.589. The molecule has 9 heteroatoms. The Kier molecular flexibility index (Phi) is 1470. The van der Waals surface area contributed by atoms with Crippen molar-refractivity contribution in [3.05, 3.63) is 0 Å². The van der Waals surface area contributed by atoms with Gasteiger partial charge in [-0.25, -0.2) is 22.0 Å². The standard InChI is InChI=1S/C2H5F.2CH2F2.CH3FO.CH3F.2CH4.Rf/c1-2-3;3*2-1-3;1-2;;;/h2H2,1H3;2*1H2;3H,1H2;1H3;2*1H4;. The summed E-state index contributed by atoms with van der Waals surface area (Å²) in [7, 11) is 0.500. The van der Waals surface area contributed by atoms with Crippen LogP contribution in [0.3, 0.4) is 0 Å². The smallest absolute Gasteiger partial charge is 0.229 e. The third-order valence-corrected chi connectivity index (χ3v) is 0. The number of hydrogen-bond acceptors (Lipinski definition) is 1. The van der Waals surface area contributed by atoms with Crippen LogP contribution in [0, 0.1) is 0 Å². The first-order valence-corrected chi connectivity index (χ1v) is 3.00. The quantitative estimate of drug-likeness (QED) is 0.453. The topological polar surface area (TPSA) is 20.2 Å². The molecule has 0 saturated heterocycles. The number of hydrogen-bond donors (Lipinski definition) is 1. The summed E-state index contributed by atoms with van der Waals surface area (Å²) in [6.45, 7) is -3.54. The number of aliphatic hydroxyl groups is 1. The molecule has 17 heavy (non-hydrogen) atoms. The molecule has 0 aromatic rings. The fraction of sp³-hybridized carbons (Fsp3) is 1.00. The summed E-state index contributed by atoms with van der Waals surface area (Å²) in [5.74, 6) is 0. The van der Waals surface area contributed by atoms with E-state index in [0.717, 1.165) is 0 Å². The number of alkyl halides is 7. The minimum Gasteiger partial charge on any atom is -0.366 e. The zero-order chi connectivity index (χ0) is 12.8. The molecule has 0 radical (unpaired) electrons. The monoisotopic (exact) mass is 535 g/mol. The number of aliphatic hydroxyl groups excluding tert-OH is 1. The van der Waals surface area contributed by atoms with E-state index in [0.29, 0.717) is 7.18 Å². The first kappa shape index (κ1) is 58.0. The summed E-state index contributed by atoms with van der Waals surface area (Å²) < 4.78 is 68.1. The van der Waals surface area contributed by atoms with Crippen molar-refractivity contribution in [2.45, 2.75) is 21.8 Å². The van der Waals surface area contributed by atoms with Crippen molar-refractivity contribution in [3.8, 4) is 0 Å². The van der Waals surface area contributed by atoms with Gasteiger partial charge in [0.2, 0.25) is 13.9 Å². The fourth-order valence-electron chi connectivity index (χ4n) is 0. The van der Waals surface area contributed by atoms with Gasteiger partial charge in [-0.1, -0.05) is 14.9 Å². The van der Waals surface area contributed by atoms with Gasteiger partial charge in [-0.15, -0.1) is 0 Å². The van der Waals surface area contributed by atoms with Crippen LogP contribution in [0.15, 0.2) is 0 Å². The molecule has 0 aliphatic heterocycles. The molecule has 1 nitrogen and oxygen atoms in total. The molecule has 0 saturated carbocycles. The zero-order valence-corrected chi connectivity index (χ0v) is 15.0. The van der Waals surface area contributed by atoms with Gasteiger partial charge < -0.3 is 5.11 Å². The maximum Gasteiger partial charge on any atom is 0.229 e. The van der Waals surface area contributed by atoms with Crippen LogP contribution in [0.2, 0.25) is 0 Å². The zero-order valence-electron chi connectivity index (χ0n) is 8.63. The Labute approximate surface area is 93.3 Å². The molecule has 0 heterocycles. The molecular formula is C8H23F7ORf. The van der Waals surface area contributed by atoms with E-state index < -0.39 is 20.7 Å². The Morgan fingerprint density at radius 1 is 0.765 bits per heavy atom. The van der Waals surface area contributed by atoms with Crippen LogP contribution >= 0.6 is 0 Å². The van der Waals surface area contributed by atoms with Crippen molar-refractivity contribution >= 4 is 0 Å². The summed E-state index contributed by atoms with van der Waals surface area (Å²) in [5.41, 5.74) is 0. The molecule has 0 bridgehead atoms. The van der Waals surface area contributed by atoms with E-state index in [1.54, 1.807) is 0 Å². The number of halogens is 7. The first-order valence-electron chi connectivity index (χ1n) is 3.00.